The van der Waals surface area contributed by atoms with Gasteiger partial charge in [-0.15, -0.1) is 0 Å². The van der Waals surface area contributed by atoms with Gasteiger partial charge >= 0.3 is 0 Å². The molecule has 1 aromatic heterocycles. The topological polar surface area (TPSA) is 29.9 Å². The molecule has 1 unspecified atom stereocenters. The SMILES string of the molecule is COc1ccc2[nH]c(=S)n(C3CC=CCC3)c2c1. The molecule has 1 aliphatic rings. The number of benzene rings is 1. The van der Waals surface area contributed by atoms with Crippen molar-refractivity contribution in [2.75, 3.05) is 7.11 Å². The lowest BCUT2D eigenvalue weighted by Gasteiger charge is -2.20. The molecule has 18 heavy (non-hydrogen) atoms. The van der Waals surface area contributed by atoms with Crippen molar-refractivity contribution in [1.29, 1.82) is 0 Å². The summed E-state index contributed by atoms with van der Waals surface area (Å²) >= 11 is 5.46. The van der Waals surface area contributed by atoms with E-state index in [2.05, 4.69) is 27.8 Å². The molecule has 0 amide bonds. The molecule has 1 atom stereocenters. The maximum Gasteiger partial charge on any atom is 0.178 e. The summed E-state index contributed by atoms with van der Waals surface area (Å²) in [6.45, 7) is 0. The third-order valence-corrected chi connectivity index (χ3v) is 3.83. The smallest absolute Gasteiger partial charge is 0.178 e. The van der Waals surface area contributed by atoms with Crippen molar-refractivity contribution in [3.63, 3.8) is 0 Å². The van der Waals surface area contributed by atoms with E-state index in [-0.39, 0.29) is 0 Å². The van der Waals surface area contributed by atoms with Crippen LogP contribution in [0.25, 0.3) is 11.0 Å². The maximum absolute atomic E-state index is 5.46. The van der Waals surface area contributed by atoms with Gasteiger partial charge in [0.2, 0.25) is 0 Å². The Bertz CT molecular complexity index is 653. The highest BCUT2D eigenvalue weighted by molar-refractivity contribution is 7.71. The summed E-state index contributed by atoms with van der Waals surface area (Å²) in [5, 5.41) is 0. The number of nitrogens with zero attached hydrogens (tertiary/aromatic N) is 1. The van der Waals surface area contributed by atoms with Crippen LogP contribution in [-0.4, -0.2) is 16.7 Å². The molecule has 3 rings (SSSR count). The lowest BCUT2D eigenvalue weighted by molar-refractivity contribution is 0.414. The third-order valence-electron chi connectivity index (χ3n) is 3.53. The van der Waals surface area contributed by atoms with Crippen molar-refractivity contribution < 1.29 is 4.74 Å². The Morgan fingerprint density at radius 1 is 1.39 bits per heavy atom. The summed E-state index contributed by atoms with van der Waals surface area (Å²) < 4.78 is 8.34. The van der Waals surface area contributed by atoms with Gasteiger partial charge < -0.3 is 14.3 Å². The quantitative estimate of drug-likeness (QED) is 0.653. The van der Waals surface area contributed by atoms with Crippen molar-refractivity contribution in [3.8, 4) is 5.75 Å². The molecule has 4 heteroatoms. The molecule has 0 saturated carbocycles. The van der Waals surface area contributed by atoms with Crippen LogP contribution in [0.3, 0.4) is 0 Å². The Morgan fingerprint density at radius 3 is 3.00 bits per heavy atom. The maximum atomic E-state index is 5.46. The first-order valence-electron chi connectivity index (χ1n) is 6.23. The number of imidazole rings is 1. The summed E-state index contributed by atoms with van der Waals surface area (Å²) in [4.78, 5) is 3.27. The van der Waals surface area contributed by atoms with E-state index in [4.69, 9.17) is 17.0 Å². The Kier molecular flexibility index (Phi) is 2.96. The van der Waals surface area contributed by atoms with Crippen LogP contribution in [0, 0.1) is 4.77 Å². The molecular formula is C14H16N2OS. The number of rotatable bonds is 2. The van der Waals surface area contributed by atoms with Gasteiger partial charge in [0.15, 0.2) is 4.77 Å². The summed E-state index contributed by atoms with van der Waals surface area (Å²) in [6, 6.07) is 6.50. The van der Waals surface area contributed by atoms with Gasteiger partial charge in [-0.25, -0.2) is 0 Å². The van der Waals surface area contributed by atoms with Crippen LogP contribution in [0.15, 0.2) is 30.4 Å². The fraction of sp³-hybridized carbons (Fsp3) is 0.357. The first-order valence-corrected chi connectivity index (χ1v) is 6.63. The van der Waals surface area contributed by atoms with E-state index >= 15 is 0 Å². The normalized spacial score (nSPS) is 19.3. The van der Waals surface area contributed by atoms with Gasteiger partial charge in [0.05, 0.1) is 18.1 Å². The molecule has 2 aromatic rings. The molecule has 1 N–H and O–H groups in total. The minimum Gasteiger partial charge on any atom is -0.497 e. The monoisotopic (exact) mass is 260 g/mol. The van der Waals surface area contributed by atoms with E-state index in [1.807, 2.05) is 12.1 Å². The van der Waals surface area contributed by atoms with Crippen molar-refractivity contribution in [1.82, 2.24) is 9.55 Å². The lowest BCUT2D eigenvalue weighted by Crippen LogP contribution is -2.10. The molecular weight excluding hydrogens is 244 g/mol. The number of aromatic nitrogens is 2. The van der Waals surface area contributed by atoms with Crippen LogP contribution in [0.5, 0.6) is 5.75 Å². The van der Waals surface area contributed by atoms with Crippen molar-refractivity contribution in [2.45, 2.75) is 25.3 Å². The Labute approximate surface area is 111 Å². The van der Waals surface area contributed by atoms with E-state index in [1.54, 1.807) is 7.11 Å². The summed E-state index contributed by atoms with van der Waals surface area (Å²) in [6.07, 6.45) is 7.82. The van der Waals surface area contributed by atoms with E-state index in [9.17, 15) is 0 Å². The zero-order chi connectivity index (χ0) is 12.5. The predicted molar refractivity (Wildman–Crippen MR) is 75.7 cm³/mol. The third kappa shape index (κ3) is 1.86. The molecule has 1 aromatic carbocycles. The van der Waals surface area contributed by atoms with Gasteiger partial charge in [0.1, 0.15) is 5.75 Å². The number of fused-ring (bicyclic) bond motifs is 1. The summed E-state index contributed by atoms with van der Waals surface area (Å²) in [7, 11) is 1.69. The van der Waals surface area contributed by atoms with Crippen molar-refractivity contribution in [2.24, 2.45) is 0 Å². The molecule has 0 bridgehead atoms. The highest BCUT2D eigenvalue weighted by atomic mass is 32.1. The first kappa shape index (κ1) is 11.5. The van der Waals surface area contributed by atoms with Crippen LogP contribution < -0.4 is 4.74 Å². The second-order valence-corrected chi connectivity index (χ2v) is 5.01. The van der Waals surface area contributed by atoms with Crippen molar-refractivity contribution in [3.05, 3.63) is 35.1 Å². The second kappa shape index (κ2) is 4.61. The number of nitrogens with one attached hydrogen (secondary N) is 1. The number of allylic oxidation sites excluding steroid dienone is 2. The minimum absolute atomic E-state index is 0.461. The summed E-state index contributed by atoms with van der Waals surface area (Å²) in [5.41, 5.74) is 2.22. The Balaban J connectivity index is 2.17. The largest absolute Gasteiger partial charge is 0.497 e. The molecule has 1 heterocycles. The van der Waals surface area contributed by atoms with E-state index < -0.39 is 0 Å². The highest BCUT2D eigenvalue weighted by Crippen LogP contribution is 2.29. The lowest BCUT2D eigenvalue weighted by atomic mass is 10.0. The van der Waals surface area contributed by atoms with Gasteiger partial charge in [0.25, 0.3) is 0 Å². The fourth-order valence-electron chi connectivity index (χ4n) is 2.60. The van der Waals surface area contributed by atoms with Crippen LogP contribution in [0.4, 0.5) is 0 Å². The number of aromatic amines is 1. The van der Waals surface area contributed by atoms with E-state index in [0.29, 0.717) is 6.04 Å². The average Bonchev–Trinajstić information content (AvgIpc) is 2.74. The second-order valence-electron chi connectivity index (χ2n) is 4.62. The molecule has 0 radical (unpaired) electrons. The van der Waals surface area contributed by atoms with E-state index in [0.717, 1.165) is 40.8 Å². The van der Waals surface area contributed by atoms with Crippen LogP contribution in [0.2, 0.25) is 0 Å². The highest BCUT2D eigenvalue weighted by Gasteiger charge is 2.16. The minimum atomic E-state index is 0.461. The molecule has 0 fully saturated rings. The standard InChI is InChI=1S/C14H16N2OS/c1-17-11-7-8-12-13(9-11)16(14(18)15-12)10-5-3-2-4-6-10/h2-3,7-10H,4-6H2,1H3,(H,15,18). The fourth-order valence-corrected chi connectivity index (χ4v) is 2.96. The number of hydrogen-bond donors (Lipinski definition) is 1. The van der Waals surface area contributed by atoms with Crippen LogP contribution in [-0.2, 0) is 0 Å². The van der Waals surface area contributed by atoms with Gasteiger partial charge in [-0.1, -0.05) is 12.2 Å². The van der Waals surface area contributed by atoms with Gasteiger partial charge in [-0.2, -0.15) is 0 Å². The first-order chi connectivity index (χ1) is 8.79. The zero-order valence-electron chi connectivity index (χ0n) is 10.3. The predicted octanol–water partition coefficient (Wildman–Crippen LogP) is 3.99. The molecule has 3 nitrogen and oxygen atoms in total. The van der Waals surface area contributed by atoms with Crippen molar-refractivity contribution >= 4 is 23.3 Å². The Morgan fingerprint density at radius 2 is 2.28 bits per heavy atom. The van der Waals surface area contributed by atoms with Crippen LogP contribution in [0.1, 0.15) is 25.3 Å². The van der Waals surface area contributed by atoms with E-state index in [1.165, 1.54) is 0 Å². The van der Waals surface area contributed by atoms with Gasteiger partial charge in [-0.3, -0.25) is 0 Å². The molecule has 94 valence electrons. The van der Waals surface area contributed by atoms with Gasteiger partial charge in [0, 0.05) is 12.1 Å². The molecule has 0 spiro atoms. The number of H-pyrrole nitrogens is 1. The molecule has 0 saturated heterocycles. The Hall–Kier alpha value is -1.55. The van der Waals surface area contributed by atoms with Crippen LogP contribution >= 0.6 is 12.2 Å². The molecule has 1 aliphatic carbocycles. The van der Waals surface area contributed by atoms with Gasteiger partial charge in [-0.05, 0) is 43.6 Å². The summed E-state index contributed by atoms with van der Waals surface area (Å²) in [5.74, 6) is 0.872. The average molecular weight is 260 g/mol. The zero-order valence-corrected chi connectivity index (χ0v) is 11.2. The number of ether oxygens (including phenoxy) is 1. The molecule has 0 aliphatic heterocycles. The number of methoxy groups -OCH3 is 1. The number of hydrogen-bond acceptors (Lipinski definition) is 2.